The fraction of sp³-hybridized carbons (Fsp3) is 0.182. The van der Waals surface area contributed by atoms with Gasteiger partial charge in [-0.05, 0) is 24.3 Å². The maximum Gasteiger partial charge on any atom is 0.328 e. The third-order valence-electron chi connectivity index (χ3n) is 4.74. The molecule has 10 heteroatoms. The van der Waals surface area contributed by atoms with Crippen LogP contribution in [-0.2, 0) is 22.7 Å². The number of aromatic amines is 1. The van der Waals surface area contributed by atoms with Gasteiger partial charge in [-0.15, -0.1) is 11.3 Å². The number of para-hydroxylation sites is 1. The summed E-state index contributed by atoms with van der Waals surface area (Å²) in [6.45, 7) is -0.492. The highest BCUT2D eigenvalue weighted by Gasteiger charge is 2.16. The van der Waals surface area contributed by atoms with Crippen LogP contribution < -0.4 is 20.6 Å². The van der Waals surface area contributed by atoms with E-state index in [4.69, 9.17) is 14.2 Å². The lowest BCUT2D eigenvalue weighted by molar-refractivity contribution is -0.146. The molecule has 0 spiro atoms. The van der Waals surface area contributed by atoms with Crippen LogP contribution in [0.3, 0.4) is 0 Å². The second-order valence-electron chi connectivity index (χ2n) is 6.72. The van der Waals surface area contributed by atoms with Gasteiger partial charge >= 0.3 is 5.97 Å². The minimum Gasteiger partial charge on any atom is -0.493 e. The zero-order valence-electron chi connectivity index (χ0n) is 17.3. The average molecular weight is 453 g/mol. The Labute approximate surface area is 185 Å². The fourth-order valence-corrected chi connectivity index (χ4v) is 4.07. The van der Waals surface area contributed by atoms with Crippen LogP contribution in [0.1, 0.15) is 5.69 Å². The summed E-state index contributed by atoms with van der Waals surface area (Å²) < 4.78 is 17.0. The smallest absolute Gasteiger partial charge is 0.328 e. The molecule has 0 saturated carbocycles. The molecule has 32 heavy (non-hydrogen) atoms. The summed E-state index contributed by atoms with van der Waals surface area (Å²) in [5.41, 5.74) is 0.375. The summed E-state index contributed by atoms with van der Waals surface area (Å²) in [5.74, 6) is 0.474. The van der Waals surface area contributed by atoms with Gasteiger partial charge in [-0.3, -0.25) is 19.5 Å². The first-order chi connectivity index (χ1) is 15.5. The number of hydrogen-bond acceptors (Lipinski definition) is 8. The second-order valence-corrected chi connectivity index (χ2v) is 7.58. The van der Waals surface area contributed by atoms with Crippen molar-refractivity contribution in [2.24, 2.45) is 0 Å². The third kappa shape index (κ3) is 4.12. The van der Waals surface area contributed by atoms with Crippen LogP contribution in [-0.4, -0.2) is 35.0 Å². The minimum atomic E-state index is -0.674. The lowest BCUT2D eigenvalue weighted by Gasteiger charge is -2.10. The number of hydrogen-bond donors (Lipinski definition) is 1. The number of methoxy groups -OCH3 is 2. The number of ether oxygens (including phenoxy) is 3. The predicted octanol–water partition coefficient (Wildman–Crippen LogP) is 2.57. The van der Waals surface area contributed by atoms with Crippen LogP contribution in [0.15, 0.2) is 57.4 Å². The highest BCUT2D eigenvalue weighted by molar-refractivity contribution is 7.13. The number of nitrogens with zero attached hydrogens (tertiary/aromatic N) is 2. The molecule has 164 valence electrons. The first-order valence-corrected chi connectivity index (χ1v) is 10.4. The van der Waals surface area contributed by atoms with Gasteiger partial charge in [0.1, 0.15) is 18.2 Å². The Morgan fingerprint density at radius 2 is 1.84 bits per heavy atom. The second kappa shape index (κ2) is 9.06. The standard InChI is InChI=1S/C22H19N3O6S/c1-29-17-9-5-8-16(19(17)30-2)21-23-13(12-32-21)11-31-18(26)10-25-22(28)15-7-4-3-6-14(15)20(27)24-25/h3-9,12H,10-11H2,1-2H3,(H,24,27). The Balaban J connectivity index is 1.47. The number of fused-ring (bicyclic) bond motifs is 1. The number of aromatic nitrogens is 3. The van der Waals surface area contributed by atoms with Crippen molar-refractivity contribution in [1.82, 2.24) is 14.8 Å². The molecule has 1 N–H and O–H groups in total. The molecule has 0 aliphatic heterocycles. The number of rotatable bonds is 7. The lowest BCUT2D eigenvalue weighted by Crippen LogP contribution is -2.32. The SMILES string of the molecule is COc1cccc(-c2nc(COC(=O)Cn3[nH]c(=O)c4ccccc4c3=O)cs2)c1OC. The molecule has 4 aromatic rings. The maximum absolute atomic E-state index is 12.5. The van der Waals surface area contributed by atoms with Gasteiger partial charge in [0.25, 0.3) is 11.1 Å². The number of H-pyrrole nitrogens is 1. The van der Waals surface area contributed by atoms with Gasteiger partial charge in [0.05, 0.1) is 36.2 Å². The zero-order chi connectivity index (χ0) is 22.7. The van der Waals surface area contributed by atoms with Gasteiger partial charge < -0.3 is 14.2 Å². The largest absolute Gasteiger partial charge is 0.493 e. The molecule has 0 unspecified atom stereocenters. The first-order valence-electron chi connectivity index (χ1n) is 9.55. The van der Waals surface area contributed by atoms with E-state index in [-0.39, 0.29) is 17.4 Å². The molecule has 2 heterocycles. The molecule has 0 aliphatic rings. The monoisotopic (exact) mass is 453 g/mol. The van der Waals surface area contributed by atoms with E-state index in [0.29, 0.717) is 22.2 Å². The summed E-state index contributed by atoms with van der Waals surface area (Å²) in [4.78, 5) is 41.4. The molecule has 0 radical (unpaired) electrons. The van der Waals surface area contributed by atoms with Crippen molar-refractivity contribution in [3.63, 3.8) is 0 Å². The minimum absolute atomic E-state index is 0.0752. The van der Waals surface area contributed by atoms with Crippen LogP contribution in [0.2, 0.25) is 0 Å². The Bertz CT molecular complexity index is 1400. The van der Waals surface area contributed by atoms with Crippen molar-refractivity contribution in [3.8, 4) is 22.1 Å². The zero-order valence-corrected chi connectivity index (χ0v) is 18.1. The Hall–Kier alpha value is -3.92. The Morgan fingerprint density at radius 1 is 1.06 bits per heavy atom. The summed E-state index contributed by atoms with van der Waals surface area (Å²) in [7, 11) is 3.11. The molecule has 9 nitrogen and oxygen atoms in total. The van der Waals surface area contributed by atoms with Gasteiger partial charge in [-0.2, -0.15) is 0 Å². The summed E-state index contributed by atoms with van der Waals surface area (Å²) in [5, 5.41) is 5.36. The molecule has 0 atom stereocenters. The molecule has 0 saturated heterocycles. The van der Waals surface area contributed by atoms with Gasteiger partial charge in [0.15, 0.2) is 11.5 Å². The molecule has 2 aromatic carbocycles. The first kappa shape index (κ1) is 21.3. The van der Waals surface area contributed by atoms with Crippen molar-refractivity contribution in [2.75, 3.05) is 14.2 Å². The molecule has 0 bridgehead atoms. The molecule has 2 aromatic heterocycles. The van der Waals surface area contributed by atoms with Crippen molar-refractivity contribution in [3.05, 3.63) is 74.2 Å². The molecular formula is C22H19N3O6S. The average Bonchev–Trinajstić information content (AvgIpc) is 3.29. The van der Waals surface area contributed by atoms with Crippen LogP contribution in [0.25, 0.3) is 21.3 Å². The third-order valence-corrected chi connectivity index (χ3v) is 5.66. The highest BCUT2D eigenvalue weighted by Crippen LogP contribution is 2.38. The predicted molar refractivity (Wildman–Crippen MR) is 119 cm³/mol. The van der Waals surface area contributed by atoms with E-state index in [9.17, 15) is 14.4 Å². The molecule has 4 rings (SSSR count). The molecule has 0 amide bonds. The number of carbonyl (C=O) groups excluding carboxylic acids is 1. The quantitative estimate of drug-likeness (QED) is 0.428. The number of benzene rings is 2. The van der Waals surface area contributed by atoms with E-state index in [0.717, 1.165) is 10.2 Å². The van der Waals surface area contributed by atoms with Crippen LogP contribution in [0, 0.1) is 0 Å². The summed E-state index contributed by atoms with van der Waals surface area (Å²) in [6, 6.07) is 11.9. The van der Waals surface area contributed by atoms with Gasteiger partial charge in [-0.25, -0.2) is 9.67 Å². The summed E-state index contributed by atoms with van der Waals surface area (Å²) in [6.07, 6.45) is 0. The van der Waals surface area contributed by atoms with Gasteiger partial charge in [0, 0.05) is 5.38 Å². The van der Waals surface area contributed by atoms with Crippen molar-refractivity contribution < 1.29 is 19.0 Å². The fourth-order valence-electron chi connectivity index (χ4n) is 3.24. The lowest BCUT2D eigenvalue weighted by atomic mass is 10.2. The van der Waals surface area contributed by atoms with Crippen molar-refractivity contribution >= 4 is 28.1 Å². The topological polar surface area (TPSA) is 113 Å². The Kier molecular flexibility index (Phi) is 6.04. The van der Waals surface area contributed by atoms with E-state index in [2.05, 4.69) is 10.1 Å². The normalized spacial score (nSPS) is 10.8. The van der Waals surface area contributed by atoms with Gasteiger partial charge in [-0.1, -0.05) is 18.2 Å². The molecular weight excluding hydrogens is 434 g/mol. The molecule has 0 fully saturated rings. The molecule has 0 aliphatic carbocycles. The van der Waals surface area contributed by atoms with E-state index < -0.39 is 23.6 Å². The Morgan fingerprint density at radius 3 is 2.59 bits per heavy atom. The summed E-state index contributed by atoms with van der Waals surface area (Å²) >= 11 is 1.37. The van der Waals surface area contributed by atoms with Crippen molar-refractivity contribution in [2.45, 2.75) is 13.2 Å². The number of thiazole rings is 1. The van der Waals surface area contributed by atoms with Crippen molar-refractivity contribution in [1.29, 1.82) is 0 Å². The number of carbonyl (C=O) groups is 1. The maximum atomic E-state index is 12.5. The van der Waals surface area contributed by atoms with E-state index in [1.165, 1.54) is 11.3 Å². The van der Waals surface area contributed by atoms with Gasteiger partial charge in [0.2, 0.25) is 0 Å². The van der Waals surface area contributed by atoms with Crippen LogP contribution in [0.4, 0.5) is 0 Å². The van der Waals surface area contributed by atoms with Crippen LogP contribution >= 0.6 is 11.3 Å². The van der Waals surface area contributed by atoms with E-state index >= 15 is 0 Å². The van der Waals surface area contributed by atoms with E-state index in [1.54, 1.807) is 49.9 Å². The number of nitrogens with one attached hydrogen (secondary N) is 1. The van der Waals surface area contributed by atoms with E-state index in [1.807, 2.05) is 12.1 Å². The highest BCUT2D eigenvalue weighted by atomic mass is 32.1. The number of esters is 1. The van der Waals surface area contributed by atoms with Crippen LogP contribution in [0.5, 0.6) is 11.5 Å².